The van der Waals surface area contributed by atoms with Crippen molar-refractivity contribution in [2.75, 3.05) is 13.1 Å². The van der Waals surface area contributed by atoms with E-state index in [9.17, 15) is 4.79 Å². The Kier molecular flexibility index (Phi) is 5.45. The summed E-state index contributed by atoms with van der Waals surface area (Å²) < 4.78 is 0. The molecule has 1 amide bonds. The number of oxime groups is 1. The van der Waals surface area contributed by atoms with Gasteiger partial charge >= 0.3 is 0 Å². The maximum atomic E-state index is 12.3. The first-order valence-corrected chi connectivity index (χ1v) is 5.98. The molecule has 0 aliphatic rings. The van der Waals surface area contributed by atoms with Crippen LogP contribution in [0.15, 0.2) is 29.4 Å². The van der Waals surface area contributed by atoms with Crippen LogP contribution in [-0.2, 0) is 0 Å². The van der Waals surface area contributed by atoms with Gasteiger partial charge < -0.3 is 15.8 Å². The second-order valence-corrected chi connectivity index (χ2v) is 4.21. The van der Waals surface area contributed by atoms with Crippen LogP contribution in [0.5, 0.6) is 0 Å². The number of benzene rings is 1. The molecule has 0 heterocycles. The first-order valence-electron chi connectivity index (χ1n) is 5.60. The number of amides is 1. The highest BCUT2D eigenvalue weighted by Gasteiger charge is 2.18. The van der Waals surface area contributed by atoms with Gasteiger partial charge in [-0.15, -0.1) is 0 Å². The predicted octanol–water partition coefficient (Wildman–Crippen LogP) is 1.94. The van der Waals surface area contributed by atoms with E-state index in [1.54, 1.807) is 24.3 Å². The average molecular weight is 270 g/mol. The van der Waals surface area contributed by atoms with Crippen LogP contribution in [0.4, 0.5) is 0 Å². The molecule has 1 rings (SSSR count). The van der Waals surface area contributed by atoms with E-state index < -0.39 is 0 Å². The smallest absolute Gasteiger partial charge is 0.255 e. The van der Waals surface area contributed by atoms with E-state index in [4.69, 9.17) is 22.5 Å². The van der Waals surface area contributed by atoms with E-state index in [0.717, 1.165) is 6.42 Å². The third-order valence-corrected chi connectivity index (χ3v) is 2.70. The van der Waals surface area contributed by atoms with Crippen LogP contribution >= 0.6 is 11.6 Å². The van der Waals surface area contributed by atoms with Crippen molar-refractivity contribution in [3.05, 3.63) is 34.9 Å². The average Bonchev–Trinajstić information content (AvgIpc) is 2.38. The van der Waals surface area contributed by atoms with Crippen molar-refractivity contribution in [2.24, 2.45) is 10.9 Å². The van der Waals surface area contributed by atoms with Gasteiger partial charge in [-0.3, -0.25) is 4.79 Å². The second kappa shape index (κ2) is 6.86. The van der Waals surface area contributed by atoms with Gasteiger partial charge in [0.25, 0.3) is 5.91 Å². The predicted molar refractivity (Wildman–Crippen MR) is 71.1 cm³/mol. The molecule has 0 atom stereocenters. The number of halogens is 1. The van der Waals surface area contributed by atoms with Crippen LogP contribution in [0, 0.1) is 0 Å². The van der Waals surface area contributed by atoms with Crippen molar-refractivity contribution >= 4 is 23.3 Å². The molecule has 0 aliphatic heterocycles. The SMILES string of the molecule is CCCN(CC(N)=NO)C(=O)c1ccccc1Cl. The molecule has 1 aromatic rings. The maximum Gasteiger partial charge on any atom is 0.255 e. The third-order valence-electron chi connectivity index (χ3n) is 2.37. The van der Waals surface area contributed by atoms with Gasteiger partial charge in [0.1, 0.15) is 0 Å². The second-order valence-electron chi connectivity index (χ2n) is 3.80. The van der Waals surface area contributed by atoms with Crippen LogP contribution in [0.25, 0.3) is 0 Å². The Hall–Kier alpha value is -1.75. The molecule has 98 valence electrons. The molecular formula is C12H16ClN3O2. The first-order chi connectivity index (χ1) is 8.60. The standard InChI is InChI=1S/C12H16ClN3O2/c1-2-7-16(8-11(14)15-18)12(17)9-5-3-4-6-10(9)13/h3-6,18H,2,7-8H2,1H3,(H2,14,15). The summed E-state index contributed by atoms with van der Waals surface area (Å²) in [5.74, 6) is -0.238. The monoisotopic (exact) mass is 269 g/mol. The molecule has 0 aliphatic carbocycles. The zero-order valence-corrected chi connectivity index (χ0v) is 10.9. The fraction of sp³-hybridized carbons (Fsp3) is 0.333. The number of rotatable bonds is 5. The number of carbonyl (C=O) groups is 1. The van der Waals surface area contributed by atoms with Gasteiger partial charge in [-0.2, -0.15) is 0 Å². The van der Waals surface area contributed by atoms with Crippen LogP contribution < -0.4 is 5.73 Å². The Bertz CT molecular complexity index is 449. The first kappa shape index (κ1) is 14.3. The highest BCUT2D eigenvalue weighted by atomic mass is 35.5. The van der Waals surface area contributed by atoms with Crippen LogP contribution in [0.1, 0.15) is 23.7 Å². The minimum Gasteiger partial charge on any atom is -0.409 e. The molecule has 0 bridgehead atoms. The number of nitrogens with two attached hydrogens (primary N) is 1. The highest BCUT2D eigenvalue weighted by Crippen LogP contribution is 2.17. The molecule has 6 heteroatoms. The largest absolute Gasteiger partial charge is 0.409 e. The zero-order chi connectivity index (χ0) is 13.5. The fourth-order valence-corrected chi connectivity index (χ4v) is 1.77. The Labute approximate surface area is 111 Å². The summed E-state index contributed by atoms with van der Waals surface area (Å²) in [7, 11) is 0. The summed E-state index contributed by atoms with van der Waals surface area (Å²) >= 11 is 5.98. The van der Waals surface area contributed by atoms with Gasteiger partial charge in [-0.25, -0.2) is 0 Å². The maximum absolute atomic E-state index is 12.3. The summed E-state index contributed by atoms with van der Waals surface area (Å²) in [6.07, 6.45) is 0.773. The molecule has 0 saturated carbocycles. The normalized spacial score (nSPS) is 11.3. The molecule has 0 saturated heterocycles. The topological polar surface area (TPSA) is 78.9 Å². The number of nitrogens with zero attached hydrogens (tertiary/aromatic N) is 2. The fourth-order valence-electron chi connectivity index (χ4n) is 1.55. The van der Waals surface area contributed by atoms with E-state index in [1.807, 2.05) is 6.92 Å². The van der Waals surface area contributed by atoms with Gasteiger partial charge in [0.05, 0.1) is 17.1 Å². The lowest BCUT2D eigenvalue weighted by Crippen LogP contribution is -2.39. The van der Waals surface area contributed by atoms with E-state index in [0.29, 0.717) is 17.1 Å². The van der Waals surface area contributed by atoms with Crippen molar-refractivity contribution in [3.63, 3.8) is 0 Å². The van der Waals surface area contributed by atoms with E-state index in [2.05, 4.69) is 5.16 Å². The van der Waals surface area contributed by atoms with Crippen molar-refractivity contribution in [3.8, 4) is 0 Å². The lowest BCUT2D eigenvalue weighted by Gasteiger charge is -2.21. The summed E-state index contributed by atoms with van der Waals surface area (Å²) in [6, 6.07) is 6.81. The molecule has 0 radical (unpaired) electrons. The van der Waals surface area contributed by atoms with Crippen molar-refractivity contribution in [2.45, 2.75) is 13.3 Å². The third kappa shape index (κ3) is 3.63. The summed E-state index contributed by atoms with van der Waals surface area (Å²) in [5, 5.41) is 11.8. The van der Waals surface area contributed by atoms with Gasteiger partial charge in [0.15, 0.2) is 5.84 Å². The highest BCUT2D eigenvalue weighted by molar-refractivity contribution is 6.33. The molecule has 0 unspecified atom stereocenters. The van der Waals surface area contributed by atoms with Crippen LogP contribution in [-0.4, -0.2) is 34.9 Å². The number of hydrogen-bond donors (Lipinski definition) is 2. The number of amidine groups is 1. The number of carbonyl (C=O) groups excluding carboxylic acids is 1. The molecule has 5 nitrogen and oxygen atoms in total. The Morgan fingerprint density at radius 3 is 2.72 bits per heavy atom. The lowest BCUT2D eigenvalue weighted by atomic mass is 10.2. The van der Waals surface area contributed by atoms with Crippen LogP contribution in [0.2, 0.25) is 5.02 Å². The summed E-state index contributed by atoms with van der Waals surface area (Å²) in [4.78, 5) is 13.8. The lowest BCUT2D eigenvalue weighted by molar-refractivity contribution is 0.0778. The zero-order valence-electron chi connectivity index (χ0n) is 10.1. The molecule has 3 N–H and O–H groups in total. The van der Waals surface area contributed by atoms with E-state index in [-0.39, 0.29) is 18.3 Å². The molecule has 0 aromatic heterocycles. The number of hydrogen-bond acceptors (Lipinski definition) is 3. The summed E-state index contributed by atoms with van der Waals surface area (Å²) in [6.45, 7) is 2.54. The minimum absolute atomic E-state index is 0.0103. The van der Waals surface area contributed by atoms with Gasteiger partial charge in [0.2, 0.25) is 0 Å². The molecule has 1 aromatic carbocycles. The van der Waals surface area contributed by atoms with Gasteiger partial charge in [0, 0.05) is 6.54 Å². The Balaban J connectivity index is 2.92. The molecule has 18 heavy (non-hydrogen) atoms. The van der Waals surface area contributed by atoms with Crippen LogP contribution in [0.3, 0.4) is 0 Å². The minimum atomic E-state index is -0.228. The quantitative estimate of drug-likeness (QED) is 0.371. The molecule has 0 fully saturated rings. The van der Waals surface area contributed by atoms with Gasteiger partial charge in [-0.1, -0.05) is 35.8 Å². The molecular weight excluding hydrogens is 254 g/mol. The Morgan fingerprint density at radius 1 is 1.50 bits per heavy atom. The van der Waals surface area contributed by atoms with E-state index in [1.165, 1.54) is 4.90 Å². The molecule has 0 spiro atoms. The van der Waals surface area contributed by atoms with Crippen molar-refractivity contribution < 1.29 is 10.0 Å². The van der Waals surface area contributed by atoms with E-state index >= 15 is 0 Å². The van der Waals surface area contributed by atoms with Crippen molar-refractivity contribution in [1.29, 1.82) is 0 Å². The van der Waals surface area contributed by atoms with Crippen molar-refractivity contribution in [1.82, 2.24) is 4.90 Å². The Morgan fingerprint density at radius 2 is 2.17 bits per heavy atom. The summed E-state index contributed by atoms with van der Waals surface area (Å²) in [5.41, 5.74) is 5.85. The van der Waals surface area contributed by atoms with Gasteiger partial charge in [-0.05, 0) is 18.6 Å².